The molecule has 0 aromatic heterocycles. The lowest BCUT2D eigenvalue weighted by Crippen LogP contribution is -2.11. The van der Waals surface area contributed by atoms with Crippen LogP contribution in [0.3, 0.4) is 0 Å². The third kappa shape index (κ3) is 2.89. The topological polar surface area (TPSA) is 21.3 Å². The molecular weight excluding hydrogens is 206 g/mol. The molecule has 1 aromatic carbocycles. The molecule has 0 amide bonds. The van der Waals surface area contributed by atoms with Crippen molar-refractivity contribution < 1.29 is 4.74 Å². The van der Waals surface area contributed by atoms with E-state index in [4.69, 9.17) is 4.74 Å². The van der Waals surface area contributed by atoms with Crippen molar-refractivity contribution in [2.75, 3.05) is 14.2 Å². The summed E-state index contributed by atoms with van der Waals surface area (Å²) in [7, 11) is 3.57. The largest absolute Gasteiger partial charge is 0.496 e. The highest BCUT2D eigenvalue weighted by Gasteiger charge is 2.12. The van der Waals surface area contributed by atoms with Gasteiger partial charge >= 0.3 is 0 Å². The normalized spacial score (nSPS) is 12.9. The number of thiol groups is 1. The van der Waals surface area contributed by atoms with Crippen LogP contribution in [0.15, 0.2) is 18.2 Å². The summed E-state index contributed by atoms with van der Waals surface area (Å²) in [5, 5.41) is 3.12. The third-order valence-corrected chi connectivity index (χ3v) is 3.02. The van der Waals surface area contributed by atoms with Crippen molar-refractivity contribution in [1.29, 1.82) is 0 Å². The van der Waals surface area contributed by atoms with Gasteiger partial charge in [-0.3, -0.25) is 0 Å². The second-order valence-electron chi connectivity index (χ2n) is 3.85. The fraction of sp³-hybridized carbons (Fsp3) is 0.500. The van der Waals surface area contributed by atoms with E-state index in [2.05, 4.69) is 43.9 Å². The molecule has 84 valence electrons. The van der Waals surface area contributed by atoms with Crippen LogP contribution >= 0.6 is 12.6 Å². The van der Waals surface area contributed by atoms with Gasteiger partial charge in [-0.25, -0.2) is 0 Å². The highest BCUT2D eigenvalue weighted by Crippen LogP contribution is 2.30. The molecule has 15 heavy (non-hydrogen) atoms. The monoisotopic (exact) mass is 225 g/mol. The summed E-state index contributed by atoms with van der Waals surface area (Å²) in [6, 6.07) is 6.26. The Hall–Kier alpha value is -0.670. The van der Waals surface area contributed by atoms with E-state index in [1.54, 1.807) is 7.11 Å². The maximum absolute atomic E-state index is 5.31. The van der Waals surface area contributed by atoms with Crippen molar-refractivity contribution in [1.82, 2.24) is 5.32 Å². The molecular formula is C12H19NOS. The van der Waals surface area contributed by atoms with Crippen LogP contribution < -0.4 is 10.1 Å². The molecule has 3 heteroatoms. The first kappa shape index (κ1) is 12.4. The quantitative estimate of drug-likeness (QED) is 0.607. The van der Waals surface area contributed by atoms with Crippen molar-refractivity contribution in [3.8, 4) is 5.75 Å². The van der Waals surface area contributed by atoms with Crippen LogP contribution in [0, 0.1) is 0 Å². The molecule has 1 unspecified atom stereocenters. The van der Waals surface area contributed by atoms with Crippen LogP contribution in [0.4, 0.5) is 0 Å². The Morgan fingerprint density at radius 2 is 2.00 bits per heavy atom. The molecule has 1 atom stereocenters. The predicted octanol–water partition coefficient (Wildman–Crippen LogP) is 2.97. The molecule has 0 saturated heterocycles. The maximum atomic E-state index is 5.31. The molecule has 0 aliphatic rings. The predicted molar refractivity (Wildman–Crippen MR) is 67.9 cm³/mol. The van der Waals surface area contributed by atoms with Crippen molar-refractivity contribution >= 4 is 12.6 Å². The standard InChI is InChI=1S/C12H19NOS/c1-8(2)9-5-6-11(14-4)10(7-9)12(15)13-3/h5-8,12-13,15H,1-4H3. The Morgan fingerprint density at radius 1 is 1.33 bits per heavy atom. The van der Waals surface area contributed by atoms with E-state index in [0.29, 0.717) is 5.92 Å². The smallest absolute Gasteiger partial charge is 0.124 e. The summed E-state index contributed by atoms with van der Waals surface area (Å²) in [6.45, 7) is 4.36. The van der Waals surface area contributed by atoms with Gasteiger partial charge in [-0.1, -0.05) is 19.9 Å². The molecule has 0 spiro atoms. The molecule has 2 nitrogen and oxygen atoms in total. The van der Waals surface area contributed by atoms with Crippen LogP contribution in [0.1, 0.15) is 36.3 Å². The van der Waals surface area contributed by atoms with E-state index in [1.807, 2.05) is 13.1 Å². The van der Waals surface area contributed by atoms with Gasteiger partial charge in [0.1, 0.15) is 5.75 Å². The lowest BCUT2D eigenvalue weighted by atomic mass is 10.00. The minimum atomic E-state index is 0.0126. The highest BCUT2D eigenvalue weighted by atomic mass is 32.1. The van der Waals surface area contributed by atoms with Gasteiger partial charge < -0.3 is 10.1 Å². The fourth-order valence-corrected chi connectivity index (χ4v) is 1.68. The maximum Gasteiger partial charge on any atom is 0.124 e. The first-order valence-corrected chi connectivity index (χ1v) is 5.65. The van der Waals surface area contributed by atoms with Crippen LogP contribution in [-0.2, 0) is 0 Å². The average molecular weight is 225 g/mol. The molecule has 0 heterocycles. The number of ether oxygens (including phenoxy) is 1. The number of methoxy groups -OCH3 is 1. The molecule has 1 rings (SSSR count). The van der Waals surface area contributed by atoms with E-state index in [9.17, 15) is 0 Å². The second kappa shape index (κ2) is 5.42. The van der Waals surface area contributed by atoms with E-state index in [1.165, 1.54) is 5.56 Å². The molecule has 0 bridgehead atoms. The molecule has 0 fully saturated rings. The average Bonchev–Trinajstić information content (AvgIpc) is 2.27. The summed E-state index contributed by atoms with van der Waals surface area (Å²) < 4.78 is 5.31. The molecule has 0 radical (unpaired) electrons. The number of hydrogen-bond donors (Lipinski definition) is 2. The Bertz CT molecular complexity index is 325. The Kier molecular flexibility index (Phi) is 4.48. The van der Waals surface area contributed by atoms with Crippen LogP contribution in [-0.4, -0.2) is 14.2 Å². The molecule has 0 aliphatic carbocycles. The zero-order chi connectivity index (χ0) is 11.4. The van der Waals surface area contributed by atoms with Crippen molar-refractivity contribution in [2.45, 2.75) is 25.1 Å². The SMILES string of the molecule is CNC(S)c1cc(C(C)C)ccc1OC. The summed E-state index contributed by atoms with van der Waals surface area (Å²) in [5.74, 6) is 1.40. The van der Waals surface area contributed by atoms with Crippen molar-refractivity contribution in [3.05, 3.63) is 29.3 Å². The van der Waals surface area contributed by atoms with Gasteiger partial charge in [0.05, 0.1) is 12.5 Å². The van der Waals surface area contributed by atoms with Gasteiger partial charge in [-0.15, -0.1) is 0 Å². The zero-order valence-electron chi connectivity index (χ0n) is 9.74. The van der Waals surface area contributed by atoms with Crippen LogP contribution in [0.25, 0.3) is 0 Å². The van der Waals surface area contributed by atoms with Gasteiger partial charge in [0.25, 0.3) is 0 Å². The molecule has 1 N–H and O–H groups in total. The van der Waals surface area contributed by atoms with E-state index in [-0.39, 0.29) is 5.37 Å². The van der Waals surface area contributed by atoms with Gasteiger partial charge in [-0.05, 0) is 30.7 Å². The molecule has 0 aliphatic heterocycles. The number of benzene rings is 1. The van der Waals surface area contributed by atoms with Gasteiger partial charge in [0.2, 0.25) is 0 Å². The second-order valence-corrected chi connectivity index (χ2v) is 4.36. The van der Waals surface area contributed by atoms with Gasteiger partial charge in [-0.2, -0.15) is 12.6 Å². The fourth-order valence-electron chi connectivity index (χ4n) is 1.48. The Balaban J connectivity index is 3.13. The summed E-state index contributed by atoms with van der Waals surface area (Å²) >= 11 is 4.47. The van der Waals surface area contributed by atoms with Gasteiger partial charge in [0, 0.05) is 5.56 Å². The van der Waals surface area contributed by atoms with Crippen molar-refractivity contribution in [3.63, 3.8) is 0 Å². The third-order valence-electron chi connectivity index (χ3n) is 2.49. The molecule has 0 saturated carbocycles. The Labute approximate surface area is 97.4 Å². The number of rotatable bonds is 4. The first-order chi connectivity index (χ1) is 7.10. The van der Waals surface area contributed by atoms with E-state index < -0.39 is 0 Å². The number of nitrogens with one attached hydrogen (secondary N) is 1. The summed E-state index contributed by atoms with van der Waals surface area (Å²) in [4.78, 5) is 0. The first-order valence-electron chi connectivity index (χ1n) is 5.13. The molecule has 1 aromatic rings. The van der Waals surface area contributed by atoms with Crippen LogP contribution in [0.5, 0.6) is 5.75 Å². The van der Waals surface area contributed by atoms with Gasteiger partial charge in [0.15, 0.2) is 0 Å². The highest BCUT2D eigenvalue weighted by molar-refractivity contribution is 7.80. The van der Waals surface area contributed by atoms with Crippen molar-refractivity contribution in [2.24, 2.45) is 0 Å². The number of hydrogen-bond acceptors (Lipinski definition) is 3. The summed E-state index contributed by atoms with van der Waals surface area (Å²) in [6.07, 6.45) is 0. The van der Waals surface area contributed by atoms with E-state index >= 15 is 0 Å². The minimum absolute atomic E-state index is 0.0126. The minimum Gasteiger partial charge on any atom is -0.496 e. The van der Waals surface area contributed by atoms with Crippen LogP contribution in [0.2, 0.25) is 0 Å². The zero-order valence-corrected chi connectivity index (χ0v) is 10.6. The lowest BCUT2D eigenvalue weighted by Gasteiger charge is -2.16. The lowest BCUT2D eigenvalue weighted by molar-refractivity contribution is 0.408. The summed E-state index contributed by atoms with van der Waals surface area (Å²) in [5.41, 5.74) is 2.40. The van der Waals surface area contributed by atoms with E-state index in [0.717, 1.165) is 11.3 Å². The Morgan fingerprint density at radius 3 is 2.47 bits per heavy atom.